The number of rotatable bonds is 6. The minimum Gasteiger partial charge on any atom is -0.458 e. The van der Waals surface area contributed by atoms with Gasteiger partial charge in [0.25, 0.3) is 0 Å². The fraction of sp³-hybridized carbons (Fsp3) is 0.962. The van der Waals surface area contributed by atoms with Crippen molar-refractivity contribution in [1.82, 2.24) is 4.90 Å². The van der Waals surface area contributed by atoms with Crippen LogP contribution < -0.4 is 0 Å². The van der Waals surface area contributed by atoms with Crippen molar-refractivity contribution in [1.29, 1.82) is 0 Å². The smallest absolute Gasteiger partial charge is 0.303 e. The van der Waals surface area contributed by atoms with Crippen molar-refractivity contribution >= 4 is 5.97 Å². The zero-order valence-corrected chi connectivity index (χ0v) is 20.8. The zero-order chi connectivity index (χ0) is 23.3. The van der Waals surface area contributed by atoms with Gasteiger partial charge in [-0.15, -0.1) is 0 Å². The van der Waals surface area contributed by atoms with E-state index in [0.29, 0.717) is 18.4 Å². The van der Waals surface area contributed by atoms with Crippen molar-refractivity contribution in [2.75, 3.05) is 41.0 Å². The summed E-state index contributed by atoms with van der Waals surface area (Å²) < 4.78 is 24.7. The first kappa shape index (κ1) is 22.7. The Morgan fingerprint density at radius 1 is 1.15 bits per heavy atom. The third-order valence-corrected chi connectivity index (χ3v) is 11.5. The number of hydrogen-bond acceptors (Lipinski definition) is 7. The molecule has 5 aliphatic carbocycles. The van der Waals surface area contributed by atoms with Gasteiger partial charge in [0.15, 0.2) is 0 Å². The van der Waals surface area contributed by atoms with Crippen LogP contribution in [-0.4, -0.2) is 87.0 Å². The van der Waals surface area contributed by atoms with Gasteiger partial charge in [-0.2, -0.15) is 0 Å². The number of aliphatic hydroxyl groups excluding tert-OH is 1. The lowest BCUT2D eigenvalue weighted by Gasteiger charge is -2.69. The number of carbonyl (C=O) groups excluding carboxylic acids is 1. The fourth-order valence-electron chi connectivity index (χ4n) is 11.1. The first-order valence-electron chi connectivity index (χ1n) is 13.0. The summed E-state index contributed by atoms with van der Waals surface area (Å²) in [5, 5.41) is 11.7. The van der Waals surface area contributed by atoms with Gasteiger partial charge in [-0.1, -0.05) is 6.92 Å². The highest BCUT2D eigenvalue weighted by atomic mass is 16.6. The maximum absolute atomic E-state index is 12.6. The molecule has 6 aliphatic rings. The maximum atomic E-state index is 12.6. The van der Waals surface area contributed by atoms with Crippen LogP contribution in [-0.2, 0) is 23.7 Å². The second-order valence-corrected chi connectivity index (χ2v) is 12.0. The van der Waals surface area contributed by atoms with Gasteiger partial charge >= 0.3 is 5.97 Å². The van der Waals surface area contributed by atoms with Crippen LogP contribution in [0.1, 0.15) is 46.0 Å². The zero-order valence-electron chi connectivity index (χ0n) is 20.8. The lowest BCUT2D eigenvalue weighted by atomic mass is 9.43. The van der Waals surface area contributed by atoms with E-state index in [2.05, 4.69) is 11.8 Å². The van der Waals surface area contributed by atoms with E-state index in [9.17, 15) is 9.90 Å². The molecule has 0 aromatic heterocycles. The van der Waals surface area contributed by atoms with Gasteiger partial charge in [-0.25, -0.2) is 0 Å². The molecular weight excluding hydrogens is 422 g/mol. The number of aliphatic hydroxyl groups is 1. The van der Waals surface area contributed by atoms with Crippen LogP contribution in [0.25, 0.3) is 0 Å². The Morgan fingerprint density at radius 2 is 1.94 bits per heavy atom. The Kier molecular flexibility index (Phi) is 5.09. The average molecular weight is 464 g/mol. The number of methoxy groups -OCH3 is 3. The third-order valence-electron chi connectivity index (χ3n) is 11.5. The molecule has 0 aromatic carbocycles. The van der Waals surface area contributed by atoms with Crippen LogP contribution in [0.5, 0.6) is 0 Å². The number of carbonyl (C=O) groups is 1. The lowest BCUT2D eigenvalue weighted by Crippen LogP contribution is -2.76. The molecule has 0 aromatic rings. The minimum absolute atomic E-state index is 0.0445. The molecular formula is C26H41NO6. The van der Waals surface area contributed by atoms with E-state index in [-0.39, 0.29) is 52.7 Å². The topological polar surface area (TPSA) is 77.5 Å². The van der Waals surface area contributed by atoms with Crippen molar-refractivity contribution in [2.24, 2.45) is 40.4 Å². The van der Waals surface area contributed by atoms with E-state index < -0.39 is 11.7 Å². The average Bonchev–Trinajstić information content (AvgIpc) is 3.19. The minimum atomic E-state index is -0.675. The fourth-order valence-corrected chi connectivity index (χ4v) is 11.1. The van der Waals surface area contributed by atoms with Crippen LogP contribution in [0.4, 0.5) is 0 Å². The molecule has 6 rings (SSSR count). The summed E-state index contributed by atoms with van der Waals surface area (Å²) in [5.41, 5.74) is -0.631. The molecule has 0 amide bonds. The van der Waals surface area contributed by atoms with Crippen LogP contribution in [0.3, 0.4) is 0 Å². The Balaban J connectivity index is 1.60. The van der Waals surface area contributed by atoms with Crippen molar-refractivity contribution in [2.45, 2.75) is 75.9 Å². The van der Waals surface area contributed by atoms with E-state index in [1.54, 1.807) is 7.11 Å². The molecule has 1 heterocycles. The molecule has 7 nitrogen and oxygen atoms in total. The second-order valence-electron chi connectivity index (χ2n) is 12.0. The summed E-state index contributed by atoms with van der Waals surface area (Å²) in [6, 6.07) is 0.296. The first-order valence-corrected chi connectivity index (χ1v) is 13.0. The molecule has 1 spiro atoms. The Morgan fingerprint density at radius 3 is 2.58 bits per heavy atom. The number of likely N-dealkylation sites (tertiary alicyclic amines) is 1. The monoisotopic (exact) mass is 463 g/mol. The quantitative estimate of drug-likeness (QED) is 0.605. The van der Waals surface area contributed by atoms with E-state index >= 15 is 0 Å². The van der Waals surface area contributed by atoms with E-state index in [0.717, 1.165) is 45.4 Å². The van der Waals surface area contributed by atoms with E-state index in [4.69, 9.17) is 18.9 Å². The van der Waals surface area contributed by atoms with Gasteiger partial charge in [-0.3, -0.25) is 9.69 Å². The standard InChI is InChI=1S/C26H41NO6/c1-6-27-12-24(13-30-3)8-7-20(32-5)26-16-9-15-18(31-4)11-25(33-14(2)28,21(16)22(15)29)17(23(26)27)10-19(24)26/h15-23,29H,6-13H2,1-5H3/t15-,16-,17+,18+,19-,20+,21-,22+,23-,24+,25+,26-/m1/s1. The predicted octanol–water partition coefficient (Wildman–Crippen LogP) is 2.10. The summed E-state index contributed by atoms with van der Waals surface area (Å²) in [5.74, 6) is 0.692. The number of ether oxygens (including phenoxy) is 4. The van der Waals surface area contributed by atoms with Gasteiger partial charge in [-0.05, 0) is 44.1 Å². The van der Waals surface area contributed by atoms with Crippen molar-refractivity contribution < 1.29 is 28.8 Å². The summed E-state index contributed by atoms with van der Waals surface area (Å²) >= 11 is 0. The van der Waals surface area contributed by atoms with Gasteiger partial charge in [0.05, 0.1) is 24.9 Å². The largest absolute Gasteiger partial charge is 0.458 e. The molecule has 1 N–H and O–H groups in total. The third kappa shape index (κ3) is 2.46. The highest BCUT2D eigenvalue weighted by molar-refractivity contribution is 5.67. The van der Waals surface area contributed by atoms with Crippen LogP contribution >= 0.6 is 0 Å². The van der Waals surface area contributed by atoms with Crippen LogP contribution in [0.2, 0.25) is 0 Å². The predicted molar refractivity (Wildman–Crippen MR) is 120 cm³/mol. The Bertz CT molecular complexity index is 823. The van der Waals surface area contributed by atoms with Gasteiger partial charge in [0.1, 0.15) is 5.60 Å². The van der Waals surface area contributed by atoms with Gasteiger partial charge in [0, 0.05) is 75.8 Å². The molecule has 7 heteroatoms. The summed E-state index contributed by atoms with van der Waals surface area (Å²) in [6.07, 6.45) is 4.35. The van der Waals surface area contributed by atoms with Gasteiger partial charge < -0.3 is 24.1 Å². The summed E-state index contributed by atoms with van der Waals surface area (Å²) in [7, 11) is 5.46. The molecule has 0 unspecified atom stereocenters. The second kappa shape index (κ2) is 7.39. The molecule has 12 atom stereocenters. The number of nitrogens with zero attached hydrogens (tertiary/aromatic N) is 1. The van der Waals surface area contributed by atoms with E-state index in [1.807, 2.05) is 14.2 Å². The summed E-state index contributed by atoms with van der Waals surface area (Å²) in [4.78, 5) is 15.3. The SMILES string of the molecule is CCN1C[C@]2(COC)CC[C@H](OC)[C@@]34[C@@H]5C[C@H]6[C@H](O)[C@@H]5[C@](OC(C)=O)(C[C@@H]6OC)[C@@H](C[C@H]23)[C@@H]14. The Hall–Kier alpha value is -0.730. The van der Waals surface area contributed by atoms with Crippen molar-refractivity contribution in [3.8, 4) is 0 Å². The molecule has 0 radical (unpaired) electrons. The maximum Gasteiger partial charge on any atom is 0.303 e. The molecule has 7 bridgehead atoms. The number of fused-ring (bicyclic) bond motifs is 2. The van der Waals surface area contributed by atoms with Crippen LogP contribution in [0, 0.1) is 40.4 Å². The molecule has 5 saturated carbocycles. The molecule has 1 saturated heterocycles. The van der Waals surface area contributed by atoms with E-state index in [1.165, 1.54) is 6.92 Å². The number of piperidine rings is 1. The van der Waals surface area contributed by atoms with Crippen LogP contribution in [0.15, 0.2) is 0 Å². The normalized spacial score (nSPS) is 56.1. The molecule has 6 fully saturated rings. The molecule has 186 valence electrons. The lowest BCUT2D eigenvalue weighted by molar-refractivity contribution is -0.280. The first-order chi connectivity index (χ1) is 15.8. The number of esters is 1. The Labute approximate surface area is 197 Å². The van der Waals surface area contributed by atoms with Crippen molar-refractivity contribution in [3.05, 3.63) is 0 Å². The highest BCUT2D eigenvalue weighted by Crippen LogP contribution is 2.79. The number of hydrogen-bond donors (Lipinski definition) is 1. The van der Waals surface area contributed by atoms with Crippen molar-refractivity contribution in [3.63, 3.8) is 0 Å². The molecule has 1 aliphatic heterocycles. The van der Waals surface area contributed by atoms with Gasteiger partial charge in [0.2, 0.25) is 0 Å². The highest BCUT2D eigenvalue weighted by Gasteiger charge is 2.84. The summed E-state index contributed by atoms with van der Waals surface area (Å²) in [6.45, 7) is 6.55. The molecule has 33 heavy (non-hydrogen) atoms.